The van der Waals surface area contributed by atoms with Gasteiger partial charge in [-0.05, 0) is 85.3 Å². The van der Waals surface area contributed by atoms with Gasteiger partial charge in [0.1, 0.15) is 5.65 Å². The first-order chi connectivity index (χ1) is 19.0. The minimum atomic E-state index is -0.163. The summed E-state index contributed by atoms with van der Waals surface area (Å²) in [5.74, 6) is 1.05. The first-order valence-electron chi connectivity index (χ1n) is 13.3. The van der Waals surface area contributed by atoms with Gasteiger partial charge < -0.3 is 10.6 Å². The van der Waals surface area contributed by atoms with Crippen LogP contribution in [0.15, 0.2) is 83.8 Å². The van der Waals surface area contributed by atoms with Gasteiger partial charge in [-0.25, -0.2) is 4.98 Å². The molecule has 2 aromatic heterocycles. The lowest BCUT2D eigenvalue weighted by Gasteiger charge is -2.23. The Hall–Kier alpha value is -4.00. The van der Waals surface area contributed by atoms with Gasteiger partial charge in [0.2, 0.25) is 5.95 Å². The second kappa shape index (κ2) is 10.6. The molecule has 3 aromatic carbocycles. The van der Waals surface area contributed by atoms with E-state index in [2.05, 4.69) is 63.9 Å². The molecule has 1 saturated heterocycles. The Morgan fingerprint density at radius 3 is 2.46 bits per heavy atom. The molecule has 5 aromatic rings. The molecular weight excluding hydrogens is 506 g/mol. The maximum absolute atomic E-state index is 13.4. The molecule has 1 fully saturated rings. The fourth-order valence-electron chi connectivity index (χ4n) is 5.42. The Morgan fingerprint density at radius 2 is 1.72 bits per heavy atom. The van der Waals surface area contributed by atoms with Crippen LogP contribution in [0.3, 0.4) is 0 Å². The summed E-state index contributed by atoms with van der Waals surface area (Å²) in [6.07, 6.45) is 4.07. The predicted octanol–water partition coefficient (Wildman–Crippen LogP) is 6.83. The van der Waals surface area contributed by atoms with Crippen molar-refractivity contribution in [2.24, 2.45) is 7.05 Å². The van der Waals surface area contributed by atoms with E-state index < -0.39 is 0 Å². The monoisotopic (exact) mass is 535 g/mol. The molecule has 0 atom stereocenters. The van der Waals surface area contributed by atoms with E-state index in [1.807, 2.05) is 36.4 Å². The van der Waals surface area contributed by atoms with Gasteiger partial charge >= 0.3 is 0 Å². The highest BCUT2D eigenvalue weighted by atomic mass is 35.5. The molecule has 0 amide bonds. The van der Waals surface area contributed by atoms with Crippen LogP contribution in [-0.2, 0) is 7.05 Å². The summed E-state index contributed by atoms with van der Waals surface area (Å²) in [5, 5.41) is 7.99. The highest BCUT2D eigenvalue weighted by Gasteiger charge is 2.16. The summed E-state index contributed by atoms with van der Waals surface area (Å²) in [6.45, 7) is 4.21. The summed E-state index contributed by atoms with van der Waals surface area (Å²) < 4.78 is 1.56. The fraction of sp³-hybridized carbons (Fsp3) is 0.219. The van der Waals surface area contributed by atoms with Gasteiger partial charge in [-0.3, -0.25) is 9.36 Å². The number of nitrogens with one attached hydrogen (secondary N) is 2. The van der Waals surface area contributed by atoms with Crippen molar-refractivity contribution in [1.82, 2.24) is 19.9 Å². The quantitative estimate of drug-likeness (QED) is 0.258. The third-order valence-corrected chi connectivity index (χ3v) is 7.95. The number of rotatable bonds is 5. The van der Waals surface area contributed by atoms with E-state index in [0.717, 1.165) is 35.3 Å². The number of fused-ring (bicyclic) bond motifs is 1. The van der Waals surface area contributed by atoms with E-state index >= 15 is 0 Å². The topological polar surface area (TPSA) is 71.8 Å². The van der Waals surface area contributed by atoms with E-state index in [1.54, 1.807) is 17.8 Å². The van der Waals surface area contributed by atoms with Crippen LogP contribution in [0.1, 0.15) is 29.9 Å². The molecule has 196 valence electrons. The van der Waals surface area contributed by atoms with Crippen molar-refractivity contribution in [2.45, 2.75) is 25.7 Å². The fourth-order valence-corrected chi connectivity index (χ4v) is 5.70. The summed E-state index contributed by atoms with van der Waals surface area (Å²) in [6, 6.07) is 24.3. The van der Waals surface area contributed by atoms with Crippen molar-refractivity contribution in [1.29, 1.82) is 0 Å². The zero-order valence-electron chi connectivity index (χ0n) is 22.0. The maximum Gasteiger partial charge on any atom is 0.259 e. The van der Waals surface area contributed by atoms with Crippen LogP contribution in [-0.4, -0.2) is 27.6 Å². The molecular formula is C32H30ClN5O. The average molecular weight is 536 g/mol. The summed E-state index contributed by atoms with van der Waals surface area (Å²) >= 11 is 6.73. The highest BCUT2D eigenvalue weighted by Crippen LogP contribution is 2.33. The summed E-state index contributed by atoms with van der Waals surface area (Å²) in [7, 11) is 1.73. The van der Waals surface area contributed by atoms with Crippen LogP contribution < -0.4 is 16.2 Å². The maximum atomic E-state index is 13.4. The normalized spacial score (nSPS) is 14.0. The van der Waals surface area contributed by atoms with Crippen molar-refractivity contribution >= 4 is 34.3 Å². The average Bonchev–Trinajstić information content (AvgIpc) is 2.96. The van der Waals surface area contributed by atoms with E-state index in [0.29, 0.717) is 33.7 Å². The molecule has 0 bridgehead atoms. The van der Waals surface area contributed by atoms with E-state index in [9.17, 15) is 4.79 Å². The second-order valence-electron chi connectivity index (χ2n) is 10.2. The van der Waals surface area contributed by atoms with Crippen molar-refractivity contribution in [3.63, 3.8) is 0 Å². The number of piperidine rings is 1. The van der Waals surface area contributed by atoms with Gasteiger partial charge in [0.05, 0.1) is 0 Å². The van der Waals surface area contributed by atoms with Crippen molar-refractivity contribution in [2.75, 3.05) is 18.4 Å². The van der Waals surface area contributed by atoms with Gasteiger partial charge in [-0.1, -0.05) is 60.1 Å². The molecule has 6 nitrogen and oxygen atoms in total. The number of benzene rings is 3. The number of nitrogens with zero attached hydrogens (tertiary/aromatic N) is 3. The molecule has 0 aliphatic carbocycles. The smallest absolute Gasteiger partial charge is 0.259 e. The largest absolute Gasteiger partial charge is 0.324 e. The van der Waals surface area contributed by atoms with E-state index in [-0.39, 0.29) is 5.56 Å². The van der Waals surface area contributed by atoms with Crippen LogP contribution in [0, 0.1) is 6.92 Å². The van der Waals surface area contributed by atoms with Crippen molar-refractivity contribution < 1.29 is 0 Å². The van der Waals surface area contributed by atoms with Crippen LogP contribution in [0.25, 0.3) is 33.3 Å². The number of aryl methyl sites for hydroxylation is 2. The third-order valence-electron chi connectivity index (χ3n) is 7.64. The zero-order valence-corrected chi connectivity index (χ0v) is 22.8. The van der Waals surface area contributed by atoms with Crippen LogP contribution in [0.4, 0.5) is 11.6 Å². The Bertz CT molecular complexity index is 1720. The molecule has 1 aliphatic heterocycles. The number of halogens is 1. The minimum Gasteiger partial charge on any atom is -0.324 e. The summed E-state index contributed by atoms with van der Waals surface area (Å²) in [4.78, 5) is 22.6. The first kappa shape index (κ1) is 25.3. The number of hydrogen-bond acceptors (Lipinski definition) is 5. The molecule has 39 heavy (non-hydrogen) atoms. The molecule has 1 aliphatic rings. The summed E-state index contributed by atoms with van der Waals surface area (Å²) in [5.41, 5.74) is 7.17. The zero-order chi connectivity index (χ0) is 26.9. The van der Waals surface area contributed by atoms with Crippen molar-refractivity contribution in [3.05, 3.63) is 105 Å². The van der Waals surface area contributed by atoms with Crippen molar-refractivity contribution in [3.8, 4) is 22.3 Å². The molecule has 0 saturated carbocycles. The number of pyridine rings is 1. The van der Waals surface area contributed by atoms with E-state index in [4.69, 9.17) is 11.6 Å². The van der Waals surface area contributed by atoms with Gasteiger partial charge in [-0.15, -0.1) is 0 Å². The highest BCUT2D eigenvalue weighted by molar-refractivity contribution is 6.33. The predicted molar refractivity (Wildman–Crippen MR) is 160 cm³/mol. The molecule has 2 N–H and O–H groups in total. The van der Waals surface area contributed by atoms with Gasteiger partial charge in [-0.2, -0.15) is 4.98 Å². The number of aromatic nitrogens is 3. The Labute approximate surface area is 232 Å². The van der Waals surface area contributed by atoms with Crippen LogP contribution >= 0.6 is 11.6 Å². The lowest BCUT2D eigenvalue weighted by atomic mass is 9.90. The molecule has 0 unspecified atom stereocenters. The number of anilines is 2. The lowest BCUT2D eigenvalue weighted by Crippen LogP contribution is -2.26. The minimum absolute atomic E-state index is 0.163. The third kappa shape index (κ3) is 5.05. The lowest BCUT2D eigenvalue weighted by molar-refractivity contribution is 0.460. The molecule has 0 spiro atoms. The second-order valence-corrected chi connectivity index (χ2v) is 10.6. The number of hydrogen-bond donors (Lipinski definition) is 2. The van der Waals surface area contributed by atoms with Crippen LogP contribution in [0.5, 0.6) is 0 Å². The Balaban J connectivity index is 1.28. The van der Waals surface area contributed by atoms with Gasteiger partial charge in [0, 0.05) is 40.5 Å². The Morgan fingerprint density at radius 1 is 0.949 bits per heavy atom. The van der Waals surface area contributed by atoms with Crippen LogP contribution in [0.2, 0.25) is 5.02 Å². The van der Waals surface area contributed by atoms with E-state index in [1.165, 1.54) is 24.0 Å². The van der Waals surface area contributed by atoms with Gasteiger partial charge in [0.25, 0.3) is 5.56 Å². The first-order valence-corrected chi connectivity index (χ1v) is 13.7. The molecule has 6 rings (SSSR count). The molecule has 3 heterocycles. The molecule has 0 radical (unpaired) electrons. The SMILES string of the molecule is Cc1ccccc1-c1ccc(-c2cc3cnc(Nc4ccc(C5CCNCC5)cc4)nc3n(C)c2=O)c(Cl)c1. The standard InChI is InChI=1S/C32H30ClN5O/c1-20-5-3-4-6-26(20)23-9-12-27(29(33)18-23)28-17-24-19-35-32(37-30(24)38(2)31(28)39)36-25-10-7-21(8-11-25)22-13-15-34-16-14-22/h3-12,17-19,22,34H,13-16H2,1-2H3,(H,35,36,37). The molecule has 7 heteroatoms. The van der Waals surface area contributed by atoms with Gasteiger partial charge in [0.15, 0.2) is 0 Å². The Kier molecular flexibility index (Phi) is 6.90.